The molecule has 0 saturated carbocycles. The topological polar surface area (TPSA) is 93.6 Å². The first-order chi connectivity index (χ1) is 8.12. The number of carbonyl (C=O) groups is 1. The third-order valence-electron chi connectivity index (χ3n) is 2.28. The normalized spacial score (nSPS) is 15.1. The molecule has 0 aliphatic heterocycles. The number of carbonyl (C=O) groups excluding carboxylic acids is 1. The first-order valence-corrected chi connectivity index (χ1v) is 6.98. The van der Waals surface area contributed by atoms with Crippen LogP contribution >= 0.6 is 0 Å². The van der Waals surface area contributed by atoms with Crippen LogP contribution in [0.25, 0.3) is 0 Å². The number of aromatic nitrogens is 1. The smallest absolute Gasteiger partial charge is 0.264 e. The fourth-order valence-corrected chi connectivity index (χ4v) is 1.66. The van der Waals surface area contributed by atoms with Crippen LogP contribution in [0.3, 0.4) is 0 Å². The number of aliphatic hydroxyl groups is 1. The van der Waals surface area contributed by atoms with Crippen LogP contribution in [0.4, 0.5) is 0 Å². The number of rotatable bonds is 5. The summed E-state index contributed by atoms with van der Waals surface area (Å²) in [5.41, 5.74) is -0.895. The molecule has 0 aromatic carbocycles. The van der Waals surface area contributed by atoms with Crippen molar-refractivity contribution in [3.63, 3.8) is 0 Å². The van der Waals surface area contributed by atoms with Gasteiger partial charge in [-0.15, -0.1) is 0 Å². The van der Waals surface area contributed by atoms with Gasteiger partial charge in [0.25, 0.3) is 10.1 Å². The second kappa shape index (κ2) is 5.13. The highest BCUT2D eigenvalue weighted by molar-refractivity contribution is 7.85. The summed E-state index contributed by atoms with van der Waals surface area (Å²) in [5, 5.41) is 10.0. The molecule has 1 atom stereocenters. The Balaban J connectivity index is 2.88. The molecule has 1 N–H and O–H groups in total. The summed E-state index contributed by atoms with van der Waals surface area (Å²) in [6.07, 6.45) is 2.22. The molecule has 0 saturated heterocycles. The molecule has 1 rings (SSSR count). The van der Waals surface area contributed by atoms with Crippen LogP contribution in [0.15, 0.2) is 18.3 Å². The number of nitrogens with zero attached hydrogens (tertiary/aromatic N) is 1. The largest absolute Gasteiger partial charge is 0.381 e. The molecule has 7 heteroatoms. The summed E-state index contributed by atoms with van der Waals surface area (Å²) in [5.74, 6) is -0.138. The third-order valence-corrected chi connectivity index (χ3v) is 2.82. The van der Waals surface area contributed by atoms with Gasteiger partial charge in [0.2, 0.25) is 0 Å². The summed E-state index contributed by atoms with van der Waals surface area (Å²) in [7, 11) is -3.63. The summed E-state index contributed by atoms with van der Waals surface area (Å²) in [6, 6.07) is 2.97. The maximum Gasteiger partial charge on any atom is 0.264 e. The zero-order chi connectivity index (χ0) is 14.0. The molecule has 18 heavy (non-hydrogen) atoms. The van der Waals surface area contributed by atoms with Crippen molar-refractivity contribution in [1.82, 2.24) is 4.98 Å². The van der Waals surface area contributed by atoms with Crippen LogP contribution in [0.1, 0.15) is 29.9 Å². The van der Waals surface area contributed by atoms with Gasteiger partial charge in [-0.2, -0.15) is 8.42 Å². The van der Waals surface area contributed by atoms with E-state index < -0.39 is 22.3 Å². The van der Waals surface area contributed by atoms with Crippen molar-refractivity contribution in [3.8, 4) is 0 Å². The van der Waals surface area contributed by atoms with Crippen LogP contribution < -0.4 is 0 Å². The van der Waals surface area contributed by atoms with Crippen molar-refractivity contribution in [2.45, 2.75) is 19.4 Å². The number of hydrogen-bond donors (Lipinski definition) is 1. The zero-order valence-corrected chi connectivity index (χ0v) is 11.2. The van der Waals surface area contributed by atoms with E-state index >= 15 is 0 Å². The van der Waals surface area contributed by atoms with Crippen LogP contribution in [0, 0.1) is 0 Å². The molecule has 0 fully saturated rings. The van der Waals surface area contributed by atoms with Crippen LogP contribution in [0.2, 0.25) is 0 Å². The summed E-state index contributed by atoms with van der Waals surface area (Å²) in [4.78, 5) is 15.0. The van der Waals surface area contributed by atoms with Gasteiger partial charge < -0.3 is 5.11 Å². The summed E-state index contributed by atoms with van der Waals surface area (Å²) >= 11 is 0. The summed E-state index contributed by atoms with van der Waals surface area (Å²) < 4.78 is 26.3. The Bertz CT molecular complexity index is 533. The van der Waals surface area contributed by atoms with Gasteiger partial charge in [0.15, 0.2) is 5.78 Å². The van der Waals surface area contributed by atoms with E-state index in [4.69, 9.17) is 0 Å². The minimum absolute atomic E-state index is 0.138. The standard InChI is InChI=1S/C11H15NO5S/c1-8(13)9-4-5-10(12-6-9)11(2,14)7-17-18(3,15)16/h4-6,14H,7H2,1-3H3/t11-/m1/s1. The number of ketones is 1. The van der Waals surface area contributed by atoms with Gasteiger partial charge >= 0.3 is 0 Å². The van der Waals surface area contributed by atoms with E-state index in [1.165, 1.54) is 32.2 Å². The first-order valence-electron chi connectivity index (χ1n) is 5.16. The summed E-state index contributed by atoms with van der Waals surface area (Å²) in [6.45, 7) is 2.35. The van der Waals surface area contributed by atoms with Crippen molar-refractivity contribution in [3.05, 3.63) is 29.6 Å². The van der Waals surface area contributed by atoms with Gasteiger partial charge in [0.1, 0.15) is 12.2 Å². The van der Waals surface area contributed by atoms with E-state index in [1.807, 2.05) is 0 Å². The highest BCUT2D eigenvalue weighted by Crippen LogP contribution is 2.19. The molecule has 0 radical (unpaired) electrons. The maximum absolute atomic E-state index is 11.1. The molecular formula is C11H15NO5S. The number of hydrogen-bond acceptors (Lipinski definition) is 6. The third kappa shape index (κ3) is 4.17. The van der Waals surface area contributed by atoms with Crippen LogP contribution in [0.5, 0.6) is 0 Å². The molecular weight excluding hydrogens is 258 g/mol. The van der Waals surface area contributed by atoms with E-state index in [9.17, 15) is 18.3 Å². The lowest BCUT2D eigenvalue weighted by Crippen LogP contribution is -2.30. The Morgan fingerprint density at radius 1 is 1.50 bits per heavy atom. The molecule has 0 amide bonds. The van der Waals surface area contributed by atoms with E-state index in [1.54, 1.807) is 0 Å². The molecule has 0 bridgehead atoms. The Hall–Kier alpha value is -1.31. The zero-order valence-electron chi connectivity index (χ0n) is 10.4. The minimum Gasteiger partial charge on any atom is -0.381 e. The Morgan fingerprint density at radius 2 is 2.11 bits per heavy atom. The van der Waals surface area contributed by atoms with Gasteiger partial charge in [0.05, 0.1) is 11.9 Å². The molecule has 100 valence electrons. The van der Waals surface area contributed by atoms with Crippen molar-refractivity contribution in [2.24, 2.45) is 0 Å². The SMILES string of the molecule is CC(=O)c1ccc([C@](C)(O)COS(C)(=O)=O)nc1. The minimum atomic E-state index is -3.63. The van der Waals surface area contributed by atoms with Gasteiger partial charge in [-0.3, -0.25) is 14.0 Å². The molecule has 1 aromatic heterocycles. The maximum atomic E-state index is 11.1. The number of pyridine rings is 1. The second-order valence-corrected chi connectivity index (χ2v) is 5.87. The van der Waals surface area contributed by atoms with Crippen molar-refractivity contribution < 1.29 is 22.5 Å². The van der Waals surface area contributed by atoms with E-state index in [0.717, 1.165) is 6.26 Å². The second-order valence-electron chi connectivity index (χ2n) is 4.23. The average molecular weight is 273 g/mol. The van der Waals surface area contributed by atoms with Crippen molar-refractivity contribution in [2.75, 3.05) is 12.9 Å². The molecule has 0 spiro atoms. The lowest BCUT2D eigenvalue weighted by Gasteiger charge is -2.21. The lowest BCUT2D eigenvalue weighted by molar-refractivity contribution is 0.00630. The van der Waals surface area contributed by atoms with Crippen LogP contribution in [-0.4, -0.2) is 37.2 Å². The molecule has 1 heterocycles. The predicted octanol–water partition coefficient (Wildman–Crippen LogP) is 0.468. The molecule has 1 aromatic rings. The van der Waals surface area contributed by atoms with E-state index in [2.05, 4.69) is 9.17 Å². The van der Waals surface area contributed by atoms with Gasteiger partial charge in [-0.05, 0) is 26.0 Å². The van der Waals surface area contributed by atoms with Crippen LogP contribution in [-0.2, 0) is 19.9 Å². The average Bonchev–Trinajstić information content (AvgIpc) is 2.26. The van der Waals surface area contributed by atoms with E-state index in [0.29, 0.717) is 5.56 Å². The number of Topliss-reactive ketones (excluding diaryl/α,β-unsaturated/α-hetero) is 1. The van der Waals surface area contributed by atoms with E-state index in [-0.39, 0.29) is 11.5 Å². The van der Waals surface area contributed by atoms with Gasteiger partial charge in [0, 0.05) is 11.8 Å². The lowest BCUT2D eigenvalue weighted by atomic mass is 10.0. The highest BCUT2D eigenvalue weighted by atomic mass is 32.2. The molecule has 0 aliphatic rings. The Kier molecular flexibility index (Phi) is 4.20. The van der Waals surface area contributed by atoms with Crippen molar-refractivity contribution >= 4 is 15.9 Å². The highest BCUT2D eigenvalue weighted by Gasteiger charge is 2.27. The van der Waals surface area contributed by atoms with Gasteiger partial charge in [-0.1, -0.05) is 0 Å². The molecule has 6 nitrogen and oxygen atoms in total. The van der Waals surface area contributed by atoms with Gasteiger partial charge in [-0.25, -0.2) is 0 Å². The Morgan fingerprint density at radius 3 is 2.50 bits per heavy atom. The fraction of sp³-hybridized carbons (Fsp3) is 0.455. The fourth-order valence-electron chi connectivity index (χ4n) is 1.22. The first kappa shape index (κ1) is 14.7. The predicted molar refractivity (Wildman–Crippen MR) is 64.6 cm³/mol. The quantitative estimate of drug-likeness (QED) is 0.619. The molecule has 0 aliphatic carbocycles. The van der Waals surface area contributed by atoms with Crippen molar-refractivity contribution in [1.29, 1.82) is 0 Å². The Labute approximate surface area is 106 Å². The molecule has 0 unspecified atom stereocenters. The monoisotopic (exact) mass is 273 g/mol.